The highest BCUT2D eigenvalue weighted by Gasteiger charge is 2.38. The van der Waals surface area contributed by atoms with Gasteiger partial charge in [0, 0.05) is 25.7 Å². The van der Waals surface area contributed by atoms with Gasteiger partial charge >= 0.3 is 6.18 Å². The topological polar surface area (TPSA) is 63.1 Å². The van der Waals surface area contributed by atoms with Crippen molar-refractivity contribution in [1.29, 1.82) is 0 Å². The van der Waals surface area contributed by atoms with E-state index in [-0.39, 0.29) is 11.1 Å². The van der Waals surface area contributed by atoms with Crippen LogP contribution >= 0.6 is 0 Å². The standard InChI is InChI=1S/C24H28F3N5O/c1-23(2,3)15-10-16(11-15)32-13-14-9-19(20(31(4)5)12-18(14)30-32)29-22(33)17-7-6-8-21(28-17)24(25,26)27/h6-9,12-13,15-16H,10-11H2,1-5H3,(H,29,33). The highest BCUT2D eigenvalue weighted by Crippen LogP contribution is 2.47. The maximum Gasteiger partial charge on any atom is 0.433 e. The molecule has 0 aliphatic heterocycles. The van der Waals surface area contributed by atoms with Crippen LogP contribution < -0.4 is 10.2 Å². The second-order valence-electron chi connectivity index (χ2n) is 9.98. The summed E-state index contributed by atoms with van der Waals surface area (Å²) in [6.07, 6.45) is -0.506. The lowest BCUT2D eigenvalue weighted by Gasteiger charge is -2.43. The first-order valence-corrected chi connectivity index (χ1v) is 10.9. The van der Waals surface area contributed by atoms with Crippen molar-refractivity contribution < 1.29 is 18.0 Å². The van der Waals surface area contributed by atoms with Crippen LogP contribution in [0, 0.1) is 11.3 Å². The van der Waals surface area contributed by atoms with Gasteiger partial charge in [-0.1, -0.05) is 26.8 Å². The summed E-state index contributed by atoms with van der Waals surface area (Å²) in [5, 5.41) is 8.33. The lowest BCUT2D eigenvalue weighted by molar-refractivity contribution is -0.141. The number of benzene rings is 1. The summed E-state index contributed by atoms with van der Waals surface area (Å²) < 4.78 is 40.9. The summed E-state index contributed by atoms with van der Waals surface area (Å²) in [6.45, 7) is 6.77. The second kappa shape index (κ2) is 8.04. The third-order valence-corrected chi connectivity index (χ3v) is 6.35. The Bertz CT molecular complexity index is 1190. The average molecular weight is 460 g/mol. The van der Waals surface area contributed by atoms with Crippen LogP contribution in [0.25, 0.3) is 10.9 Å². The van der Waals surface area contributed by atoms with Gasteiger partial charge in [-0.05, 0) is 48.4 Å². The Morgan fingerprint density at radius 3 is 2.45 bits per heavy atom. The Morgan fingerprint density at radius 2 is 1.85 bits per heavy atom. The number of fused-ring (bicyclic) bond motifs is 1. The summed E-state index contributed by atoms with van der Waals surface area (Å²) in [6, 6.07) is 7.30. The van der Waals surface area contributed by atoms with Gasteiger partial charge in [-0.2, -0.15) is 18.3 Å². The minimum Gasteiger partial charge on any atom is -0.376 e. The first-order chi connectivity index (χ1) is 15.3. The number of anilines is 2. The Balaban J connectivity index is 1.61. The number of nitrogens with zero attached hydrogens (tertiary/aromatic N) is 4. The molecule has 1 amide bonds. The van der Waals surface area contributed by atoms with E-state index in [1.54, 1.807) is 6.07 Å². The molecule has 0 saturated heterocycles. The van der Waals surface area contributed by atoms with Crippen LogP contribution in [0.3, 0.4) is 0 Å². The maximum atomic E-state index is 13.0. The molecular weight excluding hydrogens is 431 g/mol. The third-order valence-electron chi connectivity index (χ3n) is 6.35. The quantitative estimate of drug-likeness (QED) is 0.538. The number of carbonyl (C=O) groups excluding carboxylic acids is 1. The second-order valence-corrected chi connectivity index (χ2v) is 9.98. The number of aromatic nitrogens is 3. The summed E-state index contributed by atoms with van der Waals surface area (Å²) >= 11 is 0. The number of hydrogen-bond donors (Lipinski definition) is 1. The molecule has 9 heteroatoms. The lowest BCUT2D eigenvalue weighted by Crippen LogP contribution is -2.35. The van der Waals surface area contributed by atoms with Crippen molar-refractivity contribution in [2.24, 2.45) is 11.3 Å². The molecule has 3 aromatic rings. The number of halogens is 3. The van der Waals surface area contributed by atoms with Crippen LogP contribution in [0.4, 0.5) is 24.5 Å². The van der Waals surface area contributed by atoms with Crippen molar-refractivity contribution in [2.75, 3.05) is 24.3 Å². The number of nitrogens with one attached hydrogen (secondary N) is 1. The third kappa shape index (κ3) is 4.67. The summed E-state index contributed by atoms with van der Waals surface area (Å²) in [4.78, 5) is 18.0. The predicted octanol–water partition coefficient (Wildman–Crippen LogP) is 5.77. The summed E-state index contributed by atoms with van der Waals surface area (Å²) in [5.74, 6) is -0.0510. The SMILES string of the molecule is CN(C)c1cc2nn(C3CC(C(C)(C)C)C3)cc2cc1NC(=O)c1cccc(C(F)(F)F)n1. The van der Waals surface area contributed by atoms with Crippen LogP contribution in [-0.4, -0.2) is 34.8 Å². The molecule has 0 radical (unpaired) electrons. The van der Waals surface area contributed by atoms with Gasteiger partial charge in [-0.15, -0.1) is 0 Å². The van der Waals surface area contributed by atoms with Gasteiger partial charge in [0.15, 0.2) is 0 Å². The smallest absolute Gasteiger partial charge is 0.376 e. The van der Waals surface area contributed by atoms with Crippen LogP contribution in [0.1, 0.15) is 55.8 Å². The van der Waals surface area contributed by atoms with E-state index in [2.05, 4.69) is 31.1 Å². The van der Waals surface area contributed by atoms with E-state index in [9.17, 15) is 18.0 Å². The van der Waals surface area contributed by atoms with Gasteiger partial charge in [-0.25, -0.2) is 4.98 Å². The van der Waals surface area contributed by atoms with Crippen molar-refractivity contribution in [3.05, 3.63) is 47.9 Å². The van der Waals surface area contributed by atoms with Crippen LogP contribution in [-0.2, 0) is 6.18 Å². The molecule has 0 bridgehead atoms. The molecule has 33 heavy (non-hydrogen) atoms. The van der Waals surface area contributed by atoms with Crippen molar-refractivity contribution in [1.82, 2.24) is 14.8 Å². The molecule has 1 fully saturated rings. The van der Waals surface area contributed by atoms with E-state index < -0.39 is 17.8 Å². The van der Waals surface area contributed by atoms with Crippen molar-refractivity contribution in [3.8, 4) is 0 Å². The number of pyridine rings is 1. The Hall–Kier alpha value is -3.10. The number of alkyl halides is 3. The molecule has 1 aromatic carbocycles. The molecule has 2 aromatic heterocycles. The number of rotatable bonds is 4. The van der Waals surface area contributed by atoms with Gasteiger partial charge in [0.05, 0.1) is 22.9 Å². The maximum absolute atomic E-state index is 13.0. The van der Waals surface area contributed by atoms with E-state index in [4.69, 9.17) is 5.10 Å². The monoisotopic (exact) mass is 459 g/mol. The Labute approximate surface area is 190 Å². The van der Waals surface area contributed by atoms with Gasteiger partial charge in [0.2, 0.25) is 0 Å². The fourth-order valence-corrected chi connectivity index (χ4v) is 4.15. The van der Waals surface area contributed by atoms with Gasteiger partial charge < -0.3 is 10.2 Å². The zero-order valence-electron chi connectivity index (χ0n) is 19.4. The van der Waals surface area contributed by atoms with E-state index in [0.29, 0.717) is 23.3 Å². The molecule has 0 spiro atoms. The first-order valence-electron chi connectivity index (χ1n) is 10.9. The normalized spacial score (nSPS) is 18.8. The molecule has 1 aliphatic carbocycles. The lowest BCUT2D eigenvalue weighted by atomic mass is 9.66. The fraction of sp³-hybridized carbons (Fsp3) is 0.458. The largest absolute Gasteiger partial charge is 0.433 e. The zero-order valence-corrected chi connectivity index (χ0v) is 19.4. The predicted molar refractivity (Wildman–Crippen MR) is 122 cm³/mol. The van der Waals surface area contributed by atoms with E-state index in [0.717, 1.165) is 29.8 Å². The van der Waals surface area contributed by atoms with Crippen molar-refractivity contribution >= 4 is 28.2 Å². The molecule has 4 rings (SSSR count). The highest BCUT2D eigenvalue weighted by atomic mass is 19.4. The van der Waals surface area contributed by atoms with E-state index in [1.807, 2.05) is 35.9 Å². The van der Waals surface area contributed by atoms with Gasteiger partial charge in [0.25, 0.3) is 5.91 Å². The zero-order chi connectivity index (χ0) is 24.1. The molecule has 6 nitrogen and oxygen atoms in total. The highest BCUT2D eigenvalue weighted by molar-refractivity contribution is 6.06. The Kier molecular flexibility index (Phi) is 5.62. The minimum atomic E-state index is -4.62. The van der Waals surface area contributed by atoms with E-state index in [1.165, 1.54) is 12.1 Å². The fourth-order valence-electron chi connectivity index (χ4n) is 4.15. The van der Waals surface area contributed by atoms with Crippen LogP contribution in [0.2, 0.25) is 0 Å². The van der Waals surface area contributed by atoms with E-state index >= 15 is 0 Å². The molecule has 1 saturated carbocycles. The Morgan fingerprint density at radius 1 is 1.15 bits per heavy atom. The number of carbonyl (C=O) groups is 1. The number of amides is 1. The van der Waals surface area contributed by atoms with Crippen LogP contribution in [0.15, 0.2) is 36.5 Å². The molecule has 176 valence electrons. The number of hydrogen-bond acceptors (Lipinski definition) is 4. The summed E-state index contributed by atoms with van der Waals surface area (Å²) in [5.41, 5.74) is 0.859. The molecule has 1 aliphatic rings. The molecule has 0 unspecified atom stereocenters. The van der Waals surface area contributed by atoms with Gasteiger partial charge in [-0.3, -0.25) is 9.48 Å². The molecule has 0 atom stereocenters. The van der Waals surface area contributed by atoms with Crippen molar-refractivity contribution in [3.63, 3.8) is 0 Å². The first kappa shape index (κ1) is 23.1. The van der Waals surface area contributed by atoms with Gasteiger partial charge in [0.1, 0.15) is 11.4 Å². The molecule has 2 heterocycles. The average Bonchev–Trinajstić information content (AvgIpc) is 3.06. The minimum absolute atomic E-state index is 0.274. The van der Waals surface area contributed by atoms with Crippen molar-refractivity contribution in [2.45, 2.75) is 45.8 Å². The molecular formula is C24H28F3N5O. The molecule has 1 N–H and O–H groups in total. The summed E-state index contributed by atoms with van der Waals surface area (Å²) in [7, 11) is 3.66. The van der Waals surface area contributed by atoms with Crippen LogP contribution in [0.5, 0.6) is 0 Å².